The lowest BCUT2D eigenvalue weighted by atomic mass is 10.1. The van der Waals surface area contributed by atoms with Gasteiger partial charge in [0, 0.05) is 29.9 Å². The van der Waals surface area contributed by atoms with Crippen LogP contribution in [0, 0.1) is 0 Å². The van der Waals surface area contributed by atoms with Crippen molar-refractivity contribution >= 4 is 16.8 Å². The maximum Gasteiger partial charge on any atom is 0.316 e. The molecule has 0 fully saturated rings. The fourth-order valence-electron chi connectivity index (χ4n) is 2.66. The third-order valence-electron chi connectivity index (χ3n) is 3.96. The molecule has 2 aromatic heterocycles. The number of benzene rings is 2. The second-order valence-electron chi connectivity index (χ2n) is 5.51. The van der Waals surface area contributed by atoms with Gasteiger partial charge in [-0.05, 0) is 41.3 Å². The van der Waals surface area contributed by atoms with E-state index in [9.17, 15) is 0 Å². The van der Waals surface area contributed by atoms with Crippen molar-refractivity contribution in [1.29, 1.82) is 0 Å². The van der Waals surface area contributed by atoms with Crippen LogP contribution in [0.1, 0.15) is 5.56 Å². The quantitative estimate of drug-likeness (QED) is 0.597. The van der Waals surface area contributed by atoms with E-state index in [0.717, 1.165) is 27.6 Å². The Balaban J connectivity index is 1.51. The molecule has 2 heterocycles. The summed E-state index contributed by atoms with van der Waals surface area (Å²) in [6.07, 6.45) is 3.65. The Morgan fingerprint density at radius 2 is 1.92 bits per heavy atom. The van der Waals surface area contributed by atoms with Gasteiger partial charge < -0.3 is 14.5 Å². The van der Waals surface area contributed by atoms with Crippen LogP contribution >= 0.6 is 0 Å². The lowest BCUT2D eigenvalue weighted by Gasteiger charge is -2.06. The summed E-state index contributed by atoms with van der Waals surface area (Å²) in [5, 5.41) is 13.6. The second-order valence-corrected chi connectivity index (χ2v) is 5.51. The SMILES string of the molecule is COc1ccc(-c2nnc(NCc3cccc4cnccc34)o2)cc1. The number of anilines is 1. The minimum absolute atomic E-state index is 0.386. The van der Waals surface area contributed by atoms with E-state index in [1.54, 1.807) is 13.3 Å². The molecule has 6 nitrogen and oxygen atoms in total. The van der Waals surface area contributed by atoms with Gasteiger partial charge in [0.15, 0.2) is 0 Å². The lowest BCUT2D eigenvalue weighted by molar-refractivity contribution is 0.415. The van der Waals surface area contributed by atoms with Crippen LogP contribution in [0.4, 0.5) is 6.01 Å². The Hall–Kier alpha value is -3.41. The highest BCUT2D eigenvalue weighted by Gasteiger charge is 2.09. The summed E-state index contributed by atoms with van der Waals surface area (Å²) in [5.41, 5.74) is 1.99. The van der Waals surface area contributed by atoms with Crippen molar-refractivity contribution in [3.8, 4) is 17.2 Å². The molecule has 124 valence electrons. The predicted molar refractivity (Wildman–Crippen MR) is 95.4 cm³/mol. The number of nitrogens with zero attached hydrogens (tertiary/aromatic N) is 3. The van der Waals surface area contributed by atoms with E-state index in [0.29, 0.717) is 18.5 Å². The third-order valence-corrected chi connectivity index (χ3v) is 3.96. The molecular weight excluding hydrogens is 316 g/mol. The van der Waals surface area contributed by atoms with Crippen LogP contribution in [0.25, 0.3) is 22.2 Å². The smallest absolute Gasteiger partial charge is 0.316 e. The highest BCUT2D eigenvalue weighted by Crippen LogP contribution is 2.23. The van der Waals surface area contributed by atoms with E-state index < -0.39 is 0 Å². The molecule has 0 bridgehead atoms. The van der Waals surface area contributed by atoms with Crippen molar-refractivity contribution < 1.29 is 9.15 Å². The van der Waals surface area contributed by atoms with Crippen molar-refractivity contribution in [2.24, 2.45) is 0 Å². The molecule has 0 aliphatic rings. The van der Waals surface area contributed by atoms with Gasteiger partial charge in [-0.3, -0.25) is 4.98 Å². The summed E-state index contributed by atoms with van der Waals surface area (Å²) in [4.78, 5) is 4.15. The molecule has 0 saturated heterocycles. The zero-order valence-corrected chi connectivity index (χ0v) is 13.6. The highest BCUT2D eigenvalue weighted by atomic mass is 16.5. The maximum absolute atomic E-state index is 5.69. The van der Waals surface area contributed by atoms with Gasteiger partial charge in [0.2, 0.25) is 5.89 Å². The normalized spacial score (nSPS) is 10.8. The fraction of sp³-hybridized carbons (Fsp3) is 0.105. The first-order valence-corrected chi connectivity index (χ1v) is 7.87. The zero-order valence-electron chi connectivity index (χ0n) is 13.6. The minimum atomic E-state index is 0.386. The van der Waals surface area contributed by atoms with Crippen LogP contribution in [-0.2, 0) is 6.54 Å². The number of hydrogen-bond donors (Lipinski definition) is 1. The van der Waals surface area contributed by atoms with Crippen molar-refractivity contribution in [3.05, 3.63) is 66.5 Å². The highest BCUT2D eigenvalue weighted by molar-refractivity contribution is 5.84. The van der Waals surface area contributed by atoms with Crippen molar-refractivity contribution in [1.82, 2.24) is 15.2 Å². The standard InChI is InChI=1S/C19H16N4O2/c1-24-16-7-5-13(6-8-16)18-22-23-19(25-18)21-12-15-4-2-3-14-11-20-10-9-17(14)15/h2-11H,12H2,1H3,(H,21,23). The molecule has 0 aliphatic heterocycles. The van der Waals surface area contributed by atoms with Gasteiger partial charge in [0.25, 0.3) is 0 Å². The lowest BCUT2D eigenvalue weighted by Crippen LogP contribution is -2.00. The molecule has 1 N–H and O–H groups in total. The molecule has 0 radical (unpaired) electrons. The molecule has 25 heavy (non-hydrogen) atoms. The largest absolute Gasteiger partial charge is 0.497 e. The van der Waals surface area contributed by atoms with Gasteiger partial charge in [0.05, 0.1) is 7.11 Å². The maximum atomic E-state index is 5.69. The minimum Gasteiger partial charge on any atom is -0.497 e. The number of hydrogen-bond acceptors (Lipinski definition) is 6. The van der Waals surface area contributed by atoms with Gasteiger partial charge in [0.1, 0.15) is 5.75 Å². The summed E-state index contributed by atoms with van der Waals surface area (Å²) >= 11 is 0. The van der Waals surface area contributed by atoms with Crippen molar-refractivity contribution in [3.63, 3.8) is 0 Å². The molecule has 4 rings (SSSR count). The average molecular weight is 332 g/mol. The number of fused-ring (bicyclic) bond motifs is 1. The topological polar surface area (TPSA) is 73.1 Å². The Morgan fingerprint density at radius 3 is 2.76 bits per heavy atom. The third kappa shape index (κ3) is 3.14. The first-order valence-electron chi connectivity index (χ1n) is 7.87. The fourth-order valence-corrected chi connectivity index (χ4v) is 2.66. The van der Waals surface area contributed by atoms with Crippen LogP contribution in [0.3, 0.4) is 0 Å². The number of rotatable bonds is 5. The Labute approximate surface area is 144 Å². The Kier molecular flexibility index (Phi) is 4.00. The van der Waals surface area contributed by atoms with E-state index in [-0.39, 0.29) is 0 Å². The van der Waals surface area contributed by atoms with Gasteiger partial charge >= 0.3 is 6.01 Å². The van der Waals surface area contributed by atoms with Crippen LogP contribution in [0.2, 0.25) is 0 Å². The van der Waals surface area contributed by atoms with E-state index in [1.807, 2.05) is 48.7 Å². The number of ether oxygens (including phenoxy) is 1. The summed E-state index contributed by atoms with van der Waals surface area (Å²) in [7, 11) is 1.63. The van der Waals surface area contributed by atoms with E-state index >= 15 is 0 Å². The summed E-state index contributed by atoms with van der Waals surface area (Å²) in [6.45, 7) is 0.589. The van der Waals surface area contributed by atoms with Crippen LogP contribution in [0.15, 0.2) is 65.3 Å². The van der Waals surface area contributed by atoms with Crippen LogP contribution < -0.4 is 10.1 Å². The molecule has 0 saturated carbocycles. The first-order chi connectivity index (χ1) is 12.3. The molecule has 0 atom stereocenters. The summed E-state index contributed by atoms with van der Waals surface area (Å²) < 4.78 is 10.8. The van der Waals surface area contributed by atoms with Crippen molar-refractivity contribution in [2.75, 3.05) is 12.4 Å². The van der Waals surface area contributed by atoms with Crippen LogP contribution in [-0.4, -0.2) is 22.3 Å². The van der Waals surface area contributed by atoms with Gasteiger partial charge in [-0.15, -0.1) is 5.10 Å². The van der Waals surface area contributed by atoms with Crippen LogP contribution in [0.5, 0.6) is 5.75 Å². The van der Waals surface area contributed by atoms with Gasteiger partial charge in [-0.2, -0.15) is 0 Å². The second kappa shape index (κ2) is 6.60. The number of pyridine rings is 1. The van der Waals surface area contributed by atoms with E-state index in [2.05, 4.69) is 26.6 Å². The number of aromatic nitrogens is 3. The Morgan fingerprint density at radius 1 is 1.04 bits per heavy atom. The molecule has 0 aliphatic carbocycles. The predicted octanol–water partition coefficient (Wildman–Crippen LogP) is 3.91. The average Bonchev–Trinajstić information content (AvgIpc) is 3.15. The molecule has 4 aromatic rings. The summed E-state index contributed by atoms with van der Waals surface area (Å²) in [6, 6.07) is 16.0. The van der Waals surface area contributed by atoms with Gasteiger partial charge in [-0.25, -0.2) is 0 Å². The molecule has 0 amide bonds. The number of nitrogens with one attached hydrogen (secondary N) is 1. The Bertz CT molecular complexity index is 990. The summed E-state index contributed by atoms with van der Waals surface area (Å²) in [5.74, 6) is 1.25. The zero-order chi connectivity index (χ0) is 17.1. The first kappa shape index (κ1) is 15.1. The van der Waals surface area contributed by atoms with E-state index in [1.165, 1.54) is 0 Å². The van der Waals surface area contributed by atoms with E-state index in [4.69, 9.17) is 9.15 Å². The number of methoxy groups -OCH3 is 1. The molecule has 2 aromatic carbocycles. The molecular formula is C19H16N4O2. The molecule has 6 heteroatoms. The molecule has 0 spiro atoms. The van der Waals surface area contributed by atoms with Gasteiger partial charge in [-0.1, -0.05) is 23.3 Å². The molecule has 0 unspecified atom stereocenters. The monoisotopic (exact) mass is 332 g/mol. The van der Waals surface area contributed by atoms with Crippen molar-refractivity contribution in [2.45, 2.75) is 6.54 Å².